The van der Waals surface area contributed by atoms with Gasteiger partial charge in [0, 0.05) is 31.3 Å². The maximum absolute atomic E-state index is 13.9. The van der Waals surface area contributed by atoms with E-state index in [-0.39, 0.29) is 11.9 Å². The Hall–Kier alpha value is -1.50. The minimum absolute atomic E-state index is 0.197. The summed E-state index contributed by atoms with van der Waals surface area (Å²) in [6.45, 7) is 2.16. The van der Waals surface area contributed by atoms with Crippen LogP contribution in [0.5, 0.6) is 0 Å². The Balaban J connectivity index is 2.10. The average Bonchev–Trinajstić information content (AvgIpc) is 2.49. The number of nitrogens with one attached hydrogen (secondary N) is 1. The molecule has 1 aliphatic heterocycles. The van der Waals surface area contributed by atoms with Gasteiger partial charge in [0.15, 0.2) is 0 Å². The molecule has 0 saturated carbocycles. The van der Waals surface area contributed by atoms with E-state index >= 15 is 0 Å². The molecule has 2 rings (SSSR count). The van der Waals surface area contributed by atoms with E-state index in [1.54, 1.807) is 13.2 Å². The predicted molar refractivity (Wildman–Crippen MR) is 73.4 cm³/mol. The number of ether oxygens (including phenoxy) is 1. The van der Waals surface area contributed by atoms with Crippen molar-refractivity contribution in [1.29, 1.82) is 0 Å². The summed E-state index contributed by atoms with van der Waals surface area (Å²) in [6, 6.07) is 4.28. The summed E-state index contributed by atoms with van der Waals surface area (Å²) in [7, 11) is 1.70. The van der Waals surface area contributed by atoms with Gasteiger partial charge in [0.05, 0.1) is 6.10 Å². The van der Waals surface area contributed by atoms with Crippen LogP contribution in [0.15, 0.2) is 18.2 Å². The second kappa shape index (κ2) is 6.78. The Labute approximate surface area is 117 Å². The number of nitrogen functional groups attached to an aromatic ring is 1. The fourth-order valence-electron chi connectivity index (χ4n) is 2.51. The molecule has 0 aromatic heterocycles. The van der Waals surface area contributed by atoms with E-state index in [1.807, 2.05) is 0 Å². The van der Waals surface area contributed by atoms with Gasteiger partial charge in [-0.05, 0) is 37.6 Å². The van der Waals surface area contributed by atoms with Crippen LogP contribution >= 0.6 is 0 Å². The molecule has 20 heavy (non-hydrogen) atoms. The highest BCUT2D eigenvalue weighted by Crippen LogP contribution is 2.18. The van der Waals surface area contributed by atoms with E-state index in [2.05, 4.69) is 10.3 Å². The maximum Gasteiger partial charge on any atom is 0.265 e. The van der Waals surface area contributed by atoms with Gasteiger partial charge in [-0.1, -0.05) is 0 Å². The second-order valence-corrected chi connectivity index (χ2v) is 5.01. The molecule has 0 bridgehead atoms. The molecule has 110 valence electrons. The second-order valence-electron chi connectivity index (χ2n) is 5.01. The molecular formula is C14H20FN3O2. The van der Waals surface area contributed by atoms with Gasteiger partial charge in [-0.15, -0.1) is 0 Å². The van der Waals surface area contributed by atoms with Crippen molar-refractivity contribution in [1.82, 2.24) is 10.3 Å². The monoisotopic (exact) mass is 281 g/mol. The molecule has 1 aromatic carbocycles. The van der Waals surface area contributed by atoms with Crippen molar-refractivity contribution in [3.63, 3.8) is 0 Å². The number of carbonyl (C=O) groups excluding carboxylic acids is 1. The molecule has 1 amide bonds. The topological polar surface area (TPSA) is 67.6 Å². The van der Waals surface area contributed by atoms with Crippen LogP contribution in [0, 0.1) is 5.82 Å². The van der Waals surface area contributed by atoms with Crippen LogP contribution in [0.2, 0.25) is 0 Å². The van der Waals surface area contributed by atoms with Gasteiger partial charge in [-0.25, -0.2) is 10.2 Å². The summed E-state index contributed by atoms with van der Waals surface area (Å²) in [6.07, 6.45) is 2.26. The first-order valence-electron chi connectivity index (χ1n) is 6.68. The molecule has 5 nitrogen and oxygen atoms in total. The molecule has 0 radical (unpaired) electrons. The number of hydrogen-bond acceptors (Lipinski definition) is 4. The lowest BCUT2D eigenvalue weighted by Crippen LogP contribution is -2.38. The highest BCUT2D eigenvalue weighted by atomic mass is 19.1. The Morgan fingerprint density at radius 2 is 2.40 bits per heavy atom. The van der Waals surface area contributed by atoms with Crippen molar-refractivity contribution in [3.05, 3.63) is 35.1 Å². The molecule has 3 N–H and O–H groups in total. The van der Waals surface area contributed by atoms with Crippen molar-refractivity contribution >= 4 is 5.91 Å². The van der Waals surface area contributed by atoms with Crippen molar-refractivity contribution in [2.24, 2.45) is 5.84 Å². The van der Waals surface area contributed by atoms with E-state index in [1.165, 1.54) is 12.1 Å². The zero-order valence-electron chi connectivity index (χ0n) is 11.6. The Morgan fingerprint density at radius 1 is 1.60 bits per heavy atom. The zero-order chi connectivity index (χ0) is 14.5. The first-order chi connectivity index (χ1) is 9.63. The molecule has 1 saturated heterocycles. The molecule has 0 spiro atoms. The van der Waals surface area contributed by atoms with Crippen LogP contribution < -0.4 is 11.3 Å². The van der Waals surface area contributed by atoms with Crippen molar-refractivity contribution < 1.29 is 13.9 Å². The molecule has 1 unspecified atom stereocenters. The molecule has 0 aliphatic carbocycles. The Morgan fingerprint density at radius 3 is 3.10 bits per heavy atom. The Kier molecular flexibility index (Phi) is 5.05. The molecular weight excluding hydrogens is 261 g/mol. The molecule has 6 heteroatoms. The van der Waals surface area contributed by atoms with E-state index in [4.69, 9.17) is 10.6 Å². The maximum atomic E-state index is 13.9. The number of hydrogen-bond donors (Lipinski definition) is 2. The summed E-state index contributed by atoms with van der Waals surface area (Å²) in [4.78, 5) is 13.6. The van der Waals surface area contributed by atoms with Crippen LogP contribution in [0.1, 0.15) is 28.8 Å². The number of likely N-dealkylation sites (tertiary alicyclic amines) is 1. The lowest BCUT2D eigenvalue weighted by atomic mass is 10.1. The van der Waals surface area contributed by atoms with Gasteiger partial charge in [-0.3, -0.25) is 15.1 Å². The standard InChI is InChI=1S/C14H20FN3O2/c1-20-12-3-2-6-18(9-12)8-11-7-10(14(19)17-16)4-5-13(11)15/h4-5,7,12H,2-3,6,8-9,16H2,1H3,(H,17,19). The third kappa shape index (κ3) is 3.53. The number of benzene rings is 1. The van der Waals surface area contributed by atoms with Crippen LogP contribution in [-0.2, 0) is 11.3 Å². The molecule has 1 aliphatic rings. The number of amides is 1. The van der Waals surface area contributed by atoms with Crippen LogP contribution in [0.25, 0.3) is 0 Å². The van der Waals surface area contributed by atoms with E-state index in [0.29, 0.717) is 17.7 Å². The van der Waals surface area contributed by atoms with Gasteiger partial charge in [0.25, 0.3) is 5.91 Å². The minimum Gasteiger partial charge on any atom is -0.380 e. The number of halogens is 1. The summed E-state index contributed by atoms with van der Waals surface area (Å²) in [5.74, 6) is 4.37. The third-order valence-electron chi connectivity index (χ3n) is 3.63. The summed E-state index contributed by atoms with van der Waals surface area (Å²) >= 11 is 0. The number of piperidine rings is 1. The lowest BCUT2D eigenvalue weighted by molar-refractivity contribution is 0.0282. The first kappa shape index (κ1) is 14.9. The van der Waals surface area contributed by atoms with E-state index < -0.39 is 5.91 Å². The number of carbonyl (C=O) groups is 1. The van der Waals surface area contributed by atoms with E-state index in [0.717, 1.165) is 25.9 Å². The minimum atomic E-state index is -0.417. The van der Waals surface area contributed by atoms with Crippen LogP contribution in [0.3, 0.4) is 0 Å². The third-order valence-corrected chi connectivity index (χ3v) is 3.63. The van der Waals surface area contributed by atoms with Gasteiger partial charge in [0.1, 0.15) is 5.82 Å². The lowest BCUT2D eigenvalue weighted by Gasteiger charge is -2.32. The van der Waals surface area contributed by atoms with Crippen molar-refractivity contribution in [2.75, 3.05) is 20.2 Å². The van der Waals surface area contributed by atoms with Gasteiger partial charge in [0.2, 0.25) is 0 Å². The predicted octanol–water partition coefficient (Wildman–Crippen LogP) is 1.04. The normalized spacial score (nSPS) is 19.9. The molecule has 1 aromatic rings. The molecule has 1 atom stereocenters. The Bertz CT molecular complexity index is 481. The van der Waals surface area contributed by atoms with E-state index in [9.17, 15) is 9.18 Å². The fraction of sp³-hybridized carbons (Fsp3) is 0.500. The molecule has 1 heterocycles. The van der Waals surface area contributed by atoms with Crippen molar-refractivity contribution in [2.45, 2.75) is 25.5 Å². The zero-order valence-corrected chi connectivity index (χ0v) is 11.6. The number of hydrazine groups is 1. The fourth-order valence-corrected chi connectivity index (χ4v) is 2.51. The van der Waals surface area contributed by atoms with Gasteiger partial charge >= 0.3 is 0 Å². The SMILES string of the molecule is COC1CCCN(Cc2cc(C(=O)NN)ccc2F)C1. The highest BCUT2D eigenvalue weighted by molar-refractivity contribution is 5.93. The average molecular weight is 281 g/mol. The van der Waals surface area contributed by atoms with Gasteiger partial charge < -0.3 is 4.74 Å². The number of nitrogens with two attached hydrogens (primary N) is 1. The van der Waals surface area contributed by atoms with Gasteiger partial charge in [-0.2, -0.15) is 0 Å². The smallest absolute Gasteiger partial charge is 0.265 e. The largest absolute Gasteiger partial charge is 0.380 e. The van der Waals surface area contributed by atoms with Crippen LogP contribution in [-0.4, -0.2) is 37.1 Å². The molecule has 1 fully saturated rings. The summed E-state index contributed by atoms with van der Waals surface area (Å²) < 4.78 is 19.2. The van der Waals surface area contributed by atoms with Crippen LogP contribution in [0.4, 0.5) is 4.39 Å². The number of rotatable bonds is 4. The first-order valence-corrected chi connectivity index (χ1v) is 6.68. The highest BCUT2D eigenvalue weighted by Gasteiger charge is 2.20. The number of nitrogens with zero attached hydrogens (tertiary/aromatic N) is 1. The quantitative estimate of drug-likeness (QED) is 0.491. The summed E-state index contributed by atoms with van der Waals surface area (Å²) in [5, 5.41) is 0. The number of methoxy groups -OCH3 is 1. The van der Waals surface area contributed by atoms with Crippen molar-refractivity contribution in [3.8, 4) is 0 Å². The summed E-state index contributed by atoms with van der Waals surface area (Å²) in [5.41, 5.74) is 2.92.